The van der Waals surface area contributed by atoms with E-state index in [1.807, 2.05) is 42.7 Å². The summed E-state index contributed by atoms with van der Waals surface area (Å²) < 4.78 is 34.4. The van der Waals surface area contributed by atoms with Gasteiger partial charge in [-0.2, -0.15) is 0 Å². The zero-order valence-electron chi connectivity index (χ0n) is 17.0. The summed E-state index contributed by atoms with van der Waals surface area (Å²) in [7, 11) is 0. The minimum atomic E-state index is -0.650. The molecule has 0 unspecified atom stereocenters. The van der Waals surface area contributed by atoms with Crippen LogP contribution in [0.3, 0.4) is 0 Å². The van der Waals surface area contributed by atoms with Gasteiger partial charge in [0.2, 0.25) is 0 Å². The van der Waals surface area contributed by atoms with Crippen molar-refractivity contribution in [1.29, 1.82) is 0 Å². The summed E-state index contributed by atoms with van der Waals surface area (Å²) >= 11 is 0. The van der Waals surface area contributed by atoms with Gasteiger partial charge >= 0.3 is 5.97 Å². The summed E-state index contributed by atoms with van der Waals surface area (Å²) in [6, 6.07) is 18.5. The molecule has 6 heteroatoms. The molecule has 3 aromatic carbocycles. The van der Waals surface area contributed by atoms with Crippen molar-refractivity contribution in [3.8, 4) is 0 Å². The topological polar surface area (TPSA) is 44.1 Å². The number of hydrogen-bond donors (Lipinski definition) is 0. The molecule has 0 aliphatic rings. The van der Waals surface area contributed by atoms with Crippen LogP contribution in [0.25, 0.3) is 22.9 Å². The molecule has 0 spiro atoms. The predicted octanol–water partition coefficient (Wildman–Crippen LogP) is 6.25. The SMILES string of the molecule is CC(C)n1c(C=C(OC(=O)c2ccc(F)cc2)c2ccc(F)cc2)nc2ccccc21. The molecule has 0 bridgehead atoms. The summed E-state index contributed by atoms with van der Waals surface area (Å²) in [5.41, 5.74) is 2.48. The highest BCUT2D eigenvalue weighted by Crippen LogP contribution is 2.26. The molecule has 0 N–H and O–H groups in total. The number of nitrogens with zero attached hydrogens (tertiary/aromatic N) is 2. The van der Waals surface area contributed by atoms with Crippen LogP contribution in [0.4, 0.5) is 8.78 Å². The van der Waals surface area contributed by atoms with Crippen LogP contribution in [0.1, 0.15) is 41.6 Å². The third-order valence-electron chi connectivity index (χ3n) is 4.81. The highest BCUT2D eigenvalue weighted by molar-refractivity contribution is 5.95. The standard InChI is InChI=1S/C25H20F2N2O2/c1-16(2)29-22-6-4-3-5-21(22)28-24(29)15-23(17-7-11-19(26)12-8-17)31-25(30)18-9-13-20(27)14-10-18/h3-16H,1-2H3. The first kappa shape index (κ1) is 20.5. The molecule has 0 aliphatic heterocycles. The Bertz CT molecular complexity index is 1260. The van der Waals surface area contributed by atoms with Crippen molar-refractivity contribution in [2.24, 2.45) is 0 Å². The quantitative estimate of drug-likeness (QED) is 0.284. The van der Waals surface area contributed by atoms with Crippen molar-refractivity contribution >= 4 is 28.8 Å². The molecule has 1 heterocycles. The zero-order valence-corrected chi connectivity index (χ0v) is 17.0. The maximum atomic E-state index is 13.5. The molecule has 4 aromatic rings. The lowest BCUT2D eigenvalue weighted by Gasteiger charge is -2.13. The second kappa shape index (κ2) is 8.52. The number of hydrogen-bond acceptors (Lipinski definition) is 3. The molecule has 0 fully saturated rings. The summed E-state index contributed by atoms with van der Waals surface area (Å²) in [5.74, 6) is -0.685. The number of aromatic nitrogens is 2. The van der Waals surface area contributed by atoms with Gasteiger partial charge in [0, 0.05) is 17.7 Å². The Morgan fingerprint density at radius 2 is 1.48 bits per heavy atom. The van der Waals surface area contributed by atoms with Crippen molar-refractivity contribution in [3.63, 3.8) is 0 Å². The summed E-state index contributed by atoms with van der Waals surface area (Å²) in [6.07, 6.45) is 1.66. The Balaban J connectivity index is 1.81. The molecule has 0 atom stereocenters. The Morgan fingerprint density at radius 1 is 0.903 bits per heavy atom. The third kappa shape index (κ3) is 4.38. The molecule has 0 amide bonds. The van der Waals surface area contributed by atoms with E-state index in [1.165, 1.54) is 48.5 Å². The number of ether oxygens (including phenoxy) is 1. The van der Waals surface area contributed by atoms with E-state index in [1.54, 1.807) is 6.08 Å². The minimum absolute atomic E-state index is 0.0981. The van der Waals surface area contributed by atoms with E-state index in [9.17, 15) is 13.6 Å². The number of halogens is 2. The number of benzene rings is 3. The van der Waals surface area contributed by atoms with Crippen LogP contribution < -0.4 is 0 Å². The average Bonchev–Trinajstić information content (AvgIpc) is 3.12. The van der Waals surface area contributed by atoms with Crippen molar-refractivity contribution in [1.82, 2.24) is 9.55 Å². The number of para-hydroxylation sites is 2. The van der Waals surface area contributed by atoms with Gasteiger partial charge in [-0.25, -0.2) is 18.6 Å². The van der Waals surface area contributed by atoms with E-state index in [2.05, 4.69) is 4.98 Å². The molecule has 0 saturated heterocycles. The van der Waals surface area contributed by atoms with E-state index >= 15 is 0 Å². The van der Waals surface area contributed by atoms with Gasteiger partial charge in [-0.05, 0) is 74.5 Å². The van der Waals surface area contributed by atoms with Crippen molar-refractivity contribution < 1.29 is 18.3 Å². The minimum Gasteiger partial charge on any atom is -0.422 e. The van der Waals surface area contributed by atoms with Gasteiger partial charge in [0.25, 0.3) is 0 Å². The van der Waals surface area contributed by atoms with Gasteiger partial charge in [0.05, 0.1) is 16.6 Å². The maximum absolute atomic E-state index is 13.5. The van der Waals surface area contributed by atoms with E-state index in [-0.39, 0.29) is 17.4 Å². The predicted molar refractivity (Wildman–Crippen MR) is 116 cm³/mol. The van der Waals surface area contributed by atoms with Gasteiger partial charge in [0.1, 0.15) is 23.2 Å². The lowest BCUT2D eigenvalue weighted by atomic mass is 10.1. The lowest BCUT2D eigenvalue weighted by molar-refractivity contribution is 0.0693. The number of carbonyl (C=O) groups is 1. The van der Waals surface area contributed by atoms with Crippen molar-refractivity contribution in [2.75, 3.05) is 0 Å². The van der Waals surface area contributed by atoms with E-state index < -0.39 is 17.6 Å². The molecular weight excluding hydrogens is 398 g/mol. The number of imidazole rings is 1. The monoisotopic (exact) mass is 418 g/mol. The van der Waals surface area contributed by atoms with Crippen LogP contribution in [0, 0.1) is 11.6 Å². The second-order valence-electron chi connectivity index (χ2n) is 7.33. The zero-order chi connectivity index (χ0) is 22.0. The van der Waals surface area contributed by atoms with Crippen LogP contribution in [-0.2, 0) is 4.74 Å². The fourth-order valence-corrected chi connectivity index (χ4v) is 3.36. The van der Waals surface area contributed by atoms with E-state index in [0.29, 0.717) is 11.4 Å². The fourth-order valence-electron chi connectivity index (χ4n) is 3.36. The Hall–Kier alpha value is -3.80. The number of fused-ring (bicyclic) bond motifs is 1. The Morgan fingerprint density at radius 3 is 2.10 bits per heavy atom. The number of esters is 1. The van der Waals surface area contributed by atoms with Crippen molar-refractivity contribution in [2.45, 2.75) is 19.9 Å². The number of rotatable bonds is 5. The molecule has 1 aromatic heterocycles. The molecule has 0 aliphatic carbocycles. The largest absolute Gasteiger partial charge is 0.422 e. The van der Waals surface area contributed by atoms with E-state index in [4.69, 9.17) is 4.74 Å². The molecule has 4 rings (SSSR count). The normalized spacial score (nSPS) is 11.8. The highest BCUT2D eigenvalue weighted by atomic mass is 19.1. The molecule has 0 saturated carbocycles. The highest BCUT2D eigenvalue weighted by Gasteiger charge is 2.17. The lowest BCUT2D eigenvalue weighted by Crippen LogP contribution is -2.07. The van der Waals surface area contributed by atoms with Crippen LogP contribution in [0.5, 0.6) is 0 Å². The fraction of sp³-hybridized carbons (Fsp3) is 0.120. The van der Waals surface area contributed by atoms with Crippen LogP contribution in [0.2, 0.25) is 0 Å². The molecular formula is C25H20F2N2O2. The second-order valence-corrected chi connectivity index (χ2v) is 7.33. The Labute approximate surface area is 178 Å². The molecule has 0 radical (unpaired) electrons. The first-order valence-electron chi connectivity index (χ1n) is 9.85. The van der Waals surface area contributed by atoms with Crippen molar-refractivity contribution in [3.05, 3.63) is 101 Å². The smallest absolute Gasteiger partial charge is 0.343 e. The van der Waals surface area contributed by atoms with Gasteiger partial charge in [-0.1, -0.05) is 12.1 Å². The summed E-state index contributed by atoms with van der Waals surface area (Å²) in [6.45, 7) is 4.07. The van der Waals surface area contributed by atoms with E-state index in [0.717, 1.165) is 11.0 Å². The first-order chi connectivity index (χ1) is 14.9. The summed E-state index contributed by atoms with van der Waals surface area (Å²) in [5, 5.41) is 0. The molecule has 156 valence electrons. The maximum Gasteiger partial charge on any atom is 0.343 e. The van der Waals surface area contributed by atoms with Gasteiger partial charge in [0.15, 0.2) is 0 Å². The number of carbonyl (C=O) groups excluding carboxylic acids is 1. The molecule has 31 heavy (non-hydrogen) atoms. The van der Waals surface area contributed by atoms with Gasteiger partial charge in [-0.3, -0.25) is 0 Å². The van der Waals surface area contributed by atoms with Gasteiger partial charge < -0.3 is 9.30 Å². The average molecular weight is 418 g/mol. The first-order valence-corrected chi connectivity index (χ1v) is 9.85. The van der Waals surface area contributed by atoms with Gasteiger partial charge in [-0.15, -0.1) is 0 Å². The Kier molecular flexibility index (Phi) is 5.62. The van der Waals surface area contributed by atoms with Crippen LogP contribution >= 0.6 is 0 Å². The summed E-state index contributed by atoms with van der Waals surface area (Å²) in [4.78, 5) is 17.4. The van der Waals surface area contributed by atoms with Crippen LogP contribution in [-0.4, -0.2) is 15.5 Å². The third-order valence-corrected chi connectivity index (χ3v) is 4.81. The van der Waals surface area contributed by atoms with Crippen LogP contribution in [0.15, 0.2) is 72.8 Å². The molecule has 4 nitrogen and oxygen atoms in total.